The van der Waals surface area contributed by atoms with Gasteiger partial charge in [0, 0.05) is 23.1 Å². The molecule has 0 saturated carbocycles. The molecule has 0 aliphatic carbocycles. The third kappa shape index (κ3) is 5.15. The van der Waals surface area contributed by atoms with Gasteiger partial charge in [-0.15, -0.1) is 0 Å². The van der Waals surface area contributed by atoms with E-state index in [1.807, 2.05) is 13.8 Å². The van der Waals surface area contributed by atoms with E-state index in [1.165, 1.54) is 0 Å². The number of nitrogen functional groups attached to an aromatic ring is 1. The predicted octanol–water partition coefficient (Wildman–Crippen LogP) is 2.57. The van der Waals surface area contributed by atoms with Crippen LogP contribution in [0.15, 0.2) is 10.5 Å². The van der Waals surface area contributed by atoms with Crippen LogP contribution in [0, 0.1) is 5.92 Å². The summed E-state index contributed by atoms with van der Waals surface area (Å²) in [4.78, 5) is 15.1. The van der Waals surface area contributed by atoms with Crippen molar-refractivity contribution in [1.29, 1.82) is 0 Å². The molecular weight excluding hydrogens is 410 g/mol. The Kier molecular flexibility index (Phi) is 6.33. The molecule has 2 aliphatic rings. The number of carbonyl (C=O) groups is 1. The van der Waals surface area contributed by atoms with Crippen molar-refractivity contribution >= 4 is 27.5 Å². The Morgan fingerprint density at radius 1 is 1.44 bits per heavy atom. The number of ether oxygens (including phenoxy) is 1. The Bertz CT molecular complexity index is 695. The number of likely N-dealkylation sites (tertiary alicyclic amines) is 1. The number of aliphatic hydroxyl groups is 1. The van der Waals surface area contributed by atoms with Crippen molar-refractivity contribution in [1.82, 2.24) is 10.2 Å². The predicted molar refractivity (Wildman–Crippen MR) is 110 cm³/mol. The van der Waals surface area contributed by atoms with Gasteiger partial charge in [-0.2, -0.15) is 0 Å². The fourth-order valence-corrected chi connectivity index (χ4v) is 4.40. The molecule has 3 rings (SSSR count). The molecule has 27 heavy (non-hydrogen) atoms. The number of fused-ring (bicyclic) bond motifs is 1. The van der Waals surface area contributed by atoms with Crippen LogP contribution in [-0.4, -0.2) is 54.3 Å². The molecule has 6 nitrogen and oxygen atoms in total. The molecule has 1 fully saturated rings. The highest BCUT2D eigenvalue weighted by Crippen LogP contribution is 2.38. The highest BCUT2D eigenvalue weighted by Gasteiger charge is 2.26. The Hall–Kier alpha value is -1.31. The number of nitrogens with two attached hydrogens (primary N) is 1. The summed E-state index contributed by atoms with van der Waals surface area (Å²) in [6.45, 7) is 7.56. The first-order valence-electron chi connectivity index (χ1n) is 9.71. The van der Waals surface area contributed by atoms with Gasteiger partial charge in [-0.3, -0.25) is 4.79 Å². The lowest BCUT2D eigenvalue weighted by Gasteiger charge is -2.35. The van der Waals surface area contributed by atoms with Crippen LogP contribution in [0.25, 0.3) is 0 Å². The van der Waals surface area contributed by atoms with E-state index in [9.17, 15) is 9.90 Å². The molecule has 2 heterocycles. The fourth-order valence-electron chi connectivity index (χ4n) is 3.93. The SMILES string of the molecule is CC(C)(O)CN1CCC(CNC(=O)c2cc(Br)c(N)c3c2OCCC3)CC1. The molecule has 1 amide bonds. The fraction of sp³-hybridized carbons (Fsp3) is 0.650. The number of β-amino-alcohol motifs (C(OH)–C–C–N with tert-alkyl or cyclic N) is 1. The number of carbonyl (C=O) groups excluding carboxylic acids is 1. The van der Waals surface area contributed by atoms with Crippen LogP contribution < -0.4 is 15.8 Å². The second-order valence-corrected chi connectivity index (χ2v) is 9.18. The molecule has 1 aromatic carbocycles. The Morgan fingerprint density at radius 3 is 2.81 bits per heavy atom. The molecule has 0 atom stereocenters. The molecule has 7 heteroatoms. The average Bonchev–Trinajstić information content (AvgIpc) is 2.62. The second kappa shape index (κ2) is 8.37. The van der Waals surface area contributed by atoms with E-state index in [4.69, 9.17) is 10.5 Å². The Balaban J connectivity index is 1.57. The van der Waals surface area contributed by atoms with E-state index in [0.29, 0.717) is 42.6 Å². The van der Waals surface area contributed by atoms with Crippen molar-refractivity contribution in [2.24, 2.45) is 5.92 Å². The zero-order chi connectivity index (χ0) is 19.6. The van der Waals surface area contributed by atoms with E-state index in [0.717, 1.165) is 48.8 Å². The van der Waals surface area contributed by atoms with Crippen LogP contribution in [0.4, 0.5) is 5.69 Å². The number of rotatable bonds is 5. The first kappa shape index (κ1) is 20.4. The maximum absolute atomic E-state index is 12.8. The molecule has 2 aliphatic heterocycles. The summed E-state index contributed by atoms with van der Waals surface area (Å²) >= 11 is 3.47. The normalized spacial score (nSPS) is 18.7. The van der Waals surface area contributed by atoms with Crippen LogP contribution in [0.5, 0.6) is 5.75 Å². The number of hydrogen-bond donors (Lipinski definition) is 3. The Morgan fingerprint density at radius 2 is 2.15 bits per heavy atom. The van der Waals surface area contributed by atoms with Crippen LogP contribution in [0.2, 0.25) is 0 Å². The van der Waals surface area contributed by atoms with E-state index >= 15 is 0 Å². The van der Waals surface area contributed by atoms with Gasteiger partial charge in [-0.25, -0.2) is 0 Å². The van der Waals surface area contributed by atoms with E-state index in [2.05, 4.69) is 26.1 Å². The van der Waals surface area contributed by atoms with Gasteiger partial charge in [0.2, 0.25) is 0 Å². The summed E-state index contributed by atoms with van der Waals surface area (Å²) < 4.78 is 6.52. The summed E-state index contributed by atoms with van der Waals surface area (Å²) in [5, 5.41) is 13.0. The number of anilines is 1. The number of nitrogens with one attached hydrogen (secondary N) is 1. The van der Waals surface area contributed by atoms with Crippen LogP contribution in [-0.2, 0) is 6.42 Å². The second-order valence-electron chi connectivity index (χ2n) is 8.32. The number of benzene rings is 1. The van der Waals surface area contributed by atoms with Crippen molar-refractivity contribution in [2.45, 2.75) is 45.1 Å². The summed E-state index contributed by atoms with van der Waals surface area (Å²) in [5.41, 5.74) is 7.63. The van der Waals surface area contributed by atoms with Crippen molar-refractivity contribution < 1.29 is 14.6 Å². The number of nitrogens with zero attached hydrogens (tertiary/aromatic N) is 1. The van der Waals surface area contributed by atoms with Gasteiger partial charge >= 0.3 is 0 Å². The molecule has 150 valence electrons. The molecule has 1 saturated heterocycles. The average molecular weight is 440 g/mol. The number of piperidine rings is 1. The Labute approximate surface area is 169 Å². The van der Waals surface area contributed by atoms with E-state index in [-0.39, 0.29) is 5.91 Å². The summed E-state index contributed by atoms with van der Waals surface area (Å²) in [5.74, 6) is 0.994. The quantitative estimate of drug-likeness (QED) is 0.613. The van der Waals surface area contributed by atoms with Gasteiger partial charge in [-0.1, -0.05) is 0 Å². The van der Waals surface area contributed by atoms with Crippen LogP contribution in [0.3, 0.4) is 0 Å². The lowest BCUT2D eigenvalue weighted by molar-refractivity contribution is 0.0245. The molecule has 4 N–H and O–H groups in total. The number of hydrogen-bond acceptors (Lipinski definition) is 5. The largest absolute Gasteiger partial charge is 0.492 e. The lowest BCUT2D eigenvalue weighted by Crippen LogP contribution is -2.44. The monoisotopic (exact) mass is 439 g/mol. The summed E-state index contributed by atoms with van der Waals surface area (Å²) in [7, 11) is 0. The zero-order valence-electron chi connectivity index (χ0n) is 16.2. The minimum atomic E-state index is -0.664. The zero-order valence-corrected chi connectivity index (χ0v) is 17.8. The van der Waals surface area contributed by atoms with E-state index < -0.39 is 5.60 Å². The molecular formula is C20H30BrN3O3. The topological polar surface area (TPSA) is 87.8 Å². The van der Waals surface area contributed by atoms with Crippen molar-refractivity contribution in [3.05, 3.63) is 21.7 Å². The third-order valence-corrected chi connectivity index (χ3v) is 5.96. The van der Waals surface area contributed by atoms with Crippen molar-refractivity contribution in [2.75, 3.05) is 38.5 Å². The minimum Gasteiger partial charge on any atom is -0.492 e. The molecule has 0 aromatic heterocycles. The van der Waals surface area contributed by atoms with Gasteiger partial charge in [0.25, 0.3) is 5.91 Å². The van der Waals surface area contributed by atoms with Crippen molar-refractivity contribution in [3.63, 3.8) is 0 Å². The molecule has 0 unspecified atom stereocenters. The molecule has 1 aromatic rings. The van der Waals surface area contributed by atoms with Gasteiger partial charge in [-0.05, 0) is 80.5 Å². The van der Waals surface area contributed by atoms with Crippen LogP contribution >= 0.6 is 15.9 Å². The van der Waals surface area contributed by atoms with E-state index in [1.54, 1.807) is 6.07 Å². The minimum absolute atomic E-state index is 0.104. The van der Waals surface area contributed by atoms with Gasteiger partial charge < -0.3 is 25.8 Å². The maximum atomic E-state index is 12.8. The number of amides is 1. The van der Waals surface area contributed by atoms with Gasteiger partial charge in [0.05, 0.1) is 23.5 Å². The maximum Gasteiger partial charge on any atom is 0.255 e. The van der Waals surface area contributed by atoms with Crippen LogP contribution in [0.1, 0.15) is 49.0 Å². The first-order valence-corrected chi connectivity index (χ1v) is 10.5. The molecule has 0 radical (unpaired) electrons. The third-order valence-electron chi connectivity index (χ3n) is 5.30. The van der Waals surface area contributed by atoms with Gasteiger partial charge in [0.15, 0.2) is 0 Å². The highest BCUT2D eigenvalue weighted by molar-refractivity contribution is 9.10. The number of halogens is 1. The molecule has 0 spiro atoms. The smallest absolute Gasteiger partial charge is 0.255 e. The first-order chi connectivity index (χ1) is 12.7. The summed E-state index contributed by atoms with van der Waals surface area (Å²) in [6.07, 6.45) is 3.80. The standard InChI is InChI=1S/C20H30BrN3O3/c1-20(2,26)12-24-7-5-13(6-8-24)11-23-19(25)15-10-16(21)17(22)14-4-3-9-27-18(14)15/h10,13,26H,3-9,11-12,22H2,1-2H3,(H,23,25). The highest BCUT2D eigenvalue weighted by atomic mass is 79.9. The lowest BCUT2D eigenvalue weighted by atomic mass is 9.95. The molecule has 0 bridgehead atoms. The summed E-state index contributed by atoms with van der Waals surface area (Å²) in [6, 6.07) is 1.76. The van der Waals surface area contributed by atoms with Gasteiger partial charge in [0.1, 0.15) is 5.75 Å². The van der Waals surface area contributed by atoms with Crippen molar-refractivity contribution in [3.8, 4) is 5.75 Å².